The van der Waals surface area contributed by atoms with Crippen LogP contribution in [-0.4, -0.2) is 44.7 Å². The Labute approximate surface area is 237 Å². The Kier molecular flexibility index (Phi) is 8.66. The molecule has 2 fully saturated rings. The third-order valence-electron chi connectivity index (χ3n) is 6.40. The number of nitrogens with one attached hydrogen (secondary N) is 1. The summed E-state index contributed by atoms with van der Waals surface area (Å²) >= 11 is 7.24. The van der Waals surface area contributed by atoms with Gasteiger partial charge in [0.25, 0.3) is 5.91 Å². The van der Waals surface area contributed by atoms with E-state index in [1.807, 2.05) is 0 Å². The third-order valence-corrected chi connectivity index (χ3v) is 8.65. The largest absolute Gasteiger partial charge is 0.481 e. The summed E-state index contributed by atoms with van der Waals surface area (Å²) in [7, 11) is 0. The molecule has 214 valence electrons. The fourth-order valence-electron chi connectivity index (χ4n) is 4.37. The lowest BCUT2D eigenvalue weighted by atomic mass is 10.0. The quantitative estimate of drug-likeness (QED) is 0.211. The van der Waals surface area contributed by atoms with Crippen molar-refractivity contribution in [3.63, 3.8) is 0 Å². The second kappa shape index (κ2) is 11.5. The van der Waals surface area contributed by atoms with E-state index < -0.39 is 41.3 Å². The predicted molar refractivity (Wildman–Crippen MR) is 141 cm³/mol. The van der Waals surface area contributed by atoms with E-state index in [2.05, 4.69) is 5.32 Å². The zero-order valence-corrected chi connectivity index (χ0v) is 22.7. The number of thioether (sulfide) groups is 1. The van der Waals surface area contributed by atoms with Gasteiger partial charge in [0.05, 0.1) is 21.9 Å². The molecule has 2 aliphatic rings. The summed E-state index contributed by atoms with van der Waals surface area (Å²) in [6, 6.07) is 2.46. The topological polar surface area (TPSA) is 86.7 Å². The fraction of sp³-hybridized carbons (Fsp3) is 0.360. The van der Waals surface area contributed by atoms with E-state index in [9.17, 15) is 40.7 Å². The average molecular weight is 623 g/mol. The van der Waals surface area contributed by atoms with Crippen LogP contribution >= 0.6 is 35.3 Å². The average Bonchev–Trinajstić information content (AvgIpc) is 3.57. The van der Waals surface area contributed by atoms with Crippen LogP contribution in [0.2, 0.25) is 0 Å². The van der Waals surface area contributed by atoms with Crippen molar-refractivity contribution in [2.24, 2.45) is 5.92 Å². The van der Waals surface area contributed by atoms with Crippen LogP contribution in [0.15, 0.2) is 34.6 Å². The summed E-state index contributed by atoms with van der Waals surface area (Å²) < 4.78 is 79.5. The van der Waals surface area contributed by atoms with E-state index in [1.165, 1.54) is 22.4 Å². The summed E-state index contributed by atoms with van der Waals surface area (Å²) in [4.78, 5) is 38.1. The molecule has 2 N–H and O–H groups in total. The Morgan fingerprint density at radius 3 is 2.27 bits per heavy atom. The minimum atomic E-state index is -4.97. The van der Waals surface area contributed by atoms with E-state index in [-0.39, 0.29) is 51.3 Å². The van der Waals surface area contributed by atoms with Gasteiger partial charge in [0, 0.05) is 23.9 Å². The summed E-state index contributed by atoms with van der Waals surface area (Å²) in [6.45, 7) is -0.0108. The Hall–Kier alpha value is -2.91. The van der Waals surface area contributed by atoms with E-state index in [4.69, 9.17) is 17.3 Å². The van der Waals surface area contributed by atoms with Gasteiger partial charge in [-0.3, -0.25) is 19.3 Å². The van der Waals surface area contributed by atoms with Gasteiger partial charge in [-0.05, 0) is 66.1 Å². The maximum Gasteiger partial charge on any atom is 0.416 e. The molecule has 2 atom stereocenters. The second-order valence-corrected chi connectivity index (χ2v) is 11.8. The number of carboxylic acids is 1. The van der Waals surface area contributed by atoms with Gasteiger partial charge < -0.3 is 10.4 Å². The summed E-state index contributed by atoms with van der Waals surface area (Å²) in [5.74, 6) is -2.24. The van der Waals surface area contributed by atoms with Crippen LogP contribution in [0.4, 0.5) is 26.3 Å². The molecule has 0 radical (unpaired) electrons. The zero-order valence-electron chi connectivity index (χ0n) is 20.3. The van der Waals surface area contributed by atoms with Crippen LogP contribution in [0.25, 0.3) is 17.2 Å². The van der Waals surface area contributed by atoms with Gasteiger partial charge in [0.2, 0.25) is 5.91 Å². The Morgan fingerprint density at radius 2 is 1.70 bits per heavy atom. The predicted octanol–water partition coefficient (Wildman–Crippen LogP) is 6.41. The molecule has 2 heterocycles. The van der Waals surface area contributed by atoms with Crippen LogP contribution < -0.4 is 5.32 Å². The first-order valence-electron chi connectivity index (χ1n) is 11.8. The maximum absolute atomic E-state index is 13.2. The second-order valence-electron chi connectivity index (χ2n) is 9.23. The molecule has 1 saturated carbocycles. The molecular formula is C25H20F6N2O4S3. The molecule has 1 aliphatic carbocycles. The number of halogens is 6. The summed E-state index contributed by atoms with van der Waals surface area (Å²) in [5.41, 5.74) is -3.00. The van der Waals surface area contributed by atoms with Gasteiger partial charge in [-0.1, -0.05) is 24.0 Å². The Balaban J connectivity index is 1.43. The van der Waals surface area contributed by atoms with E-state index in [0.717, 1.165) is 23.1 Å². The van der Waals surface area contributed by atoms with E-state index >= 15 is 0 Å². The normalized spacial score (nSPS) is 20.9. The highest BCUT2D eigenvalue weighted by Crippen LogP contribution is 2.40. The van der Waals surface area contributed by atoms with Crippen molar-refractivity contribution in [1.82, 2.24) is 10.2 Å². The smallest absolute Gasteiger partial charge is 0.416 e. The first-order chi connectivity index (χ1) is 18.6. The first-order valence-corrected chi connectivity index (χ1v) is 13.9. The molecule has 1 aromatic carbocycles. The molecule has 40 heavy (non-hydrogen) atoms. The summed E-state index contributed by atoms with van der Waals surface area (Å²) in [5, 5.41) is 13.2. The molecule has 4 rings (SSSR count). The van der Waals surface area contributed by atoms with Gasteiger partial charge >= 0.3 is 18.3 Å². The van der Waals surface area contributed by atoms with Crippen LogP contribution in [0.3, 0.4) is 0 Å². The van der Waals surface area contributed by atoms with Crippen molar-refractivity contribution >= 4 is 63.5 Å². The molecule has 6 nitrogen and oxygen atoms in total. The Bertz CT molecular complexity index is 1350. The molecule has 0 bridgehead atoms. The molecule has 1 aliphatic heterocycles. The van der Waals surface area contributed by atoms with Gasteiger partial charge in [-0.25, -0.2) is 0 Å². The lowest BCUT2D eigenvalue weighted by Crippen LogP contribution is -2.37. The number of alkyl halides is 6. The van der Waals surface area contributed by atoms with E-state index in [0.29, 0.717) is 36.3 Å². The van der Waals surface area contributed by atoms with Crippen molar-refractivity contribution in [3.05, 3.63) is 50.6 Å². The van der Waals surface area contributed by atoms with Crippen molar-refractivity contribution in [1.29, 1.82) is 0 Å². The number of carbonyl (C=O) groups excluding carboxylic acids is 2. The van der Waals surface area contributed by atoms with Crippen LogP contribution in [-0.2, 0) is 26.7 Å². The van der Waals surface area contributed by atoms with E-state index in [1.54, 1.807) is 0 Å². The molecule has 1 saturated heterocycles. The number of hydrogen-bond acceptors (Lipinski definition) is 6. The minimum absolute atomic E-state index is 0.0108. The lowest BCUT2D eigenvalue weighted by Gasteiger charge is -2.16. The van der Waals surface area contributed by atoms with Crippen LogP contribution in [0, 0.1) is 5.92 Å². The van der Waals surface area contributed by atoms with Gasteiger partial charge in [-0.2, -0.15) is 26.3 Å². The number of rotatable bonds is 7. The number of thiocarbonyl (C=S) groups is 1. The maximum atomic E-state index is 13.2. The summed E-state index contributed by atoms with van der Waals surface area (Å²) in [6.07, 6.45) is -7.21. The third kappa shape index (κ3) is 7.04. The molecule has 0 spiro atoms. The number of benzene rings is 1. The SMILES string of the molecule is O=C(CCN1C(=O)C(=Cc2cc(-c3cc(C(F)(F)F)cc(C(F)(F)F)c3)cs2)SC1=S)N[C@@H]1CC[C@H](C(=O)O)C1. The number of carboxylic acid groups (broad SMARTS) is 1. The number of hydrogen-bond donors (Lipinski definition) is 2. The molecule has 2 amide bonds. The monoisotopic (exact) mass is 622 g/mol. The van der Waals surface area contributed by atoms with Crippen molar-refractivity contribution in [3.8, 4) is 11.1 Å². The number of amides is 2. The molecular weight excluding hydrogens is 602 g/mol. The fourth-order valence-corrected chi connectivity index (χ4v) is 6.60. The molecule has 15 heteroatoms. The number of nitrogens with zero attached hydrogens (tertiary/aromatic N) is 1. The van der Waals surface area contributed by atoms with Crippen molar-refractivity contribution < 1.29 is 45.8 Å². The lowest BCUT2D eigenvalue weighted by molar-refractivity contribution is -0.143. The van der Waals surface area contributed by atoms with Gasteiger partial charge in [-0.15, -0.1) is 11.3 Å². The molecule has 1 aromatic heterocycles. The van der Waals surface area contributed by atoms with Gasteiger partial charge in [0.15, 0.2) is 0 Å². The van der Waals surface area contributed by atoms with Crippen LogP contribution in [0.1, 0.15) is 41.7 Å². The van der Waals surface area contributed by atoms with Crippen molar-refractivity contribution in [2.75, 3.05) is 6.54 Å². The highest BCUT2D eigenvalue weighted by molar-refractivity contribution is 8.26. The standard InChI is InChI=1S/C25H20F6N2O4S3/c26-24(27,28)15-5-13(6-16(9-15)25(29,30)31)14-8-18(39-11-14)10-19-21(35)33(23(38)40-19)4-3-20(34)32-17-2-1-12(7-17)22(36)37/h5-6,8-12,17H,1-4,7H2,(H,32,34)(H,36,37)/t12-,17+/m0/s1. The number of aliphatic carboxylic acids is 1. The molecule has 2 aromatic rings. The highest BCUT2D eigenvalue weighted by Gasteiger charge is 2.37. The number of thiophene rings is 1. The first kappa shape index (κ1) is 30.1. The highest BCUT2D eigenvalue weighted by atomic mass is 32.2. The van der Waals surface area contributed by atoms with Gasteiger partial charge in [0.1, 0.15) is 4.32 Å². The molecule has 0 unspecified atom stereocenters. The minimum Gasteiger partial charge on any atom is -0.481 e. The Morgan fingerprint density at radius 1 is 1.05 bits per heavy atom. The van der Waals surface area contributed by atoms with Crippen molar-refractivity contribution in [2.45, 2.75) is 44.1 Å². The number of carbonyl (C=O) groups is 3. The zero-order chi connectivity index (χ0) is 29.4. The van der Waals surface area contributed by atoms with Crippen LogP contribution in [0.5, 0.6) is 0 Å².